The topological polar surface area (TPSA) is 86.8 Å². The Morgan fingerprint density at radius 1 is 0.872 bits per heavy atom. The van der Waals surface area contributed by atoms with Crippen LogP contribution in [0.1, 0.15) is 37.5 Å². The molecule has 1 N–H and O–H groups in total. The molecule has 3 aromatic carbocycles. The number of hydrogen-bond acceptors (Lipinski definition) is 4. The zero-order valence-corrected chi connectivity index (χ0v) is 24.9. The third kappa shape index (κ3) is 7.75. The highest BCUT2D eigenvalue weighted by Crippen LogP contribution is 2.27. The number of nitrogens with zero attached hydrogens (tertiary/aromatic N) is 2. The van der Waals surface area contributed by atoms with Crippen molar-refractivity contribution >= 4 is 50.7 Å². The number of anilines is 1. The van der Waals surface area contributed by atoms with E-state index in [0.717, 1.165) is 15.4 Å². The van der Waals surface area contributed by atoms with E-state index in [-0.39, 0.29) is 23.4 Å². The highest BCUT2D eigenvalue weighted by molar-refractivity contribution is 7.92. The Morgan fingerprint density at radius 3 is 2.05 bits per heavy atom. The molecule has 0 saturated carbocycles. The number of benzene rings is 3. The molecule has 10 heteroatoms. The summed E-state index contributed by atoms with van der Waals surface area (Å²) in [5, 5.41) is 3.50. The number of halogens is 2. The van der Waals surface area contributed by atoms with Gasteiger partial charge in [0.15, 0.2) is 0 Å². The van der Waals surface area contributed by atoms with Crippen molar-refractivity contribution in [3.05, 3.63) is 93.5 Å². The number of amides is 2. The van der Waals surface area contributed by atoms with Crippen LogP contribution in [0.5, 0.6) is 0 Å². The molecule has 208 valence electrons. The van der Waals surface area contributed by atoms with Crippen LogP contribution in [-0.4, -0.2) is 43.8 Å². The molecule has 0 aliphatic carbocycles. The second-order valence-corrected chi connectivity index (χ2v) is 12.5. The zero-order chi connectivity index (χ0) is 28.9. The maximum absolute atomic E-state index is 13.9. The normalized spacial score (nSPS) is 12.2. The molecule has 0 saturated heterocycles. The van der Waals surface area contributed by atoms with Gasteiger partial charge in [0, 0.05) is 12.6 Å². The van der Waals surface area contributed by atoms with Crippen LogP contribution >= 0.6 is 23.2 Å². The van der Waals surface area contributed by atoms with Crippen LogP contribution in [0.15, 0.2) is 71.6 Å². The Bertz CT molecular complexity index is 1430. The molecule has 0 spiro atoms. The van der Waals surface area contributed by atoms with E-state index in [1.165, 1.54) is 17.0 Å². The van der Waals surface area contributed by atoms with E-state index in [2.05, 4.69) is 5.32 Å². The summed E-state index contributed by atoms with van der Waals surface area (Å²) in [7, 11) is -4.12. The first-order valence-corrected chi connectivity index (χ1v) is 14.7. The van der Waals surface area contributed by atoms with Gasteiger partial charge in [-0.15, -0.1) is 0 Å². The van der Waals surface area contributed by atoms with Crippen molar-refractivity contribution in [2.75, 3.05) is 10.8 Å². The number of aryl methyl sites for hydroxylation is 2. The summed E-state index contributed by atoms with van der Waals surface area (Å²) >= 11 is 12.3. The number of nitrogens with one attached hydrogen (secondary N) is 1. The van der Waals surface area contributed by atoms with Gasteiger partial charge in [0.2, 0.25) is 11.8 Å². The van der Waals surface area contributed by atoms with Crippen LogP contribution in [0.25, 0.3) is 0 Å². The largest absolute Gasteiger partial charge is 0.352 e. The van der Waals surface area contributed by atoms with E-state index < -0.39 is 28.5 Å². The van der Waals surface area contributed by atoms with Crippen molar-refractivity contribution in [3.8, 4) is 0 Å². The predicted molar refractivity (Wildman–Crippen MR) is 157 cm³/mol. The third-order valence-corrected chi connectivity index (χ3v) is 8.57. The summed E-state index contributed by atoms with van der Waals surface area (Å²) in [5.41, 5.74) is 2.70. The van der Waals surface area contributed by atoms with Crippen LogP contribution in [0, 0.1) is 13.8 Å². The van der Waals surface area contributed by atoms with Crippen LogP contribution in [0.3, 0.4) is 0 Å². The zero-order valence-electron chi connectivity index (χ0n) is 22.6. The summed E-state index contributed by atoms with van der Waals surface area (Å²) in [6, 6.07) is 17.2. The van der Waals surface area contributed by atoms with Crippen LogP contribution in [0.4, 0.5) is 5.69 Å². The van der Waals surface area contributed by atoms with Crippen molar-refractivity contribution in [2.45, 2.75) is 58.1 Å². The van der Waals surface area contributed by atoms with Gasteiger partial charge in [0.1, 0.15) is 12.6 Å². The molecule has 1 atom stereocenters. The first-order chi connectivity index (χ1) is 18.3. The van der Waals surface area contributed by atoms with E-state index in [4.69, 9.17) is 23.2 Å². The van der Waals surface area contributed by atoms with Gasteiger partial charge in [-0.3, -0.25) is 13.9 Å². The third-order valence-electron chi connectivity index (χ3n) is 6.04. The Balaban J connectivity index is 2.06. The predicted octanol–water partition coefficient (Wildman–Crippen LogP) is 5.75. The van der Waals surface area contributed by atoms with Crippen molar-refractivity contribution in [1.29, 1.82) is 0 Å². The minimum Gasteiger partial charge on any atom is -0.352 e. The average Bonchev–Trinajstić information content (AvgIpc) is 2.86. The Morgan fingerprint density at radius 2 is 1.49 bits per heavy atom. The van der Waals surface area contributed by atoms with Gasteiger partial charge >= 0.3 is 0 Å². The van der Waals surface area contributed by atoms with Crippen molar-refractivity contribution < 1.29 is 18.0 Å². The van der Waals surface area contributed by atoms with E-state index in [1.807, 2.05) is 33.8 Å². The smallest absolute Gasteiger partial charge is 0.264 e. The summed E-state index contributed by atoms with van der Waals surface area (Å²) in [6.45, 7) is 8.49. The Hall–Kier alpha value is -3.07. The van der Waals surface area contributed by atoms with Crippen molar-refractivity contribution in [1.82, 2.24) is 10.2 Å². The second kappa shape index (κ2) is 12.9. The van der Waals surface area contributed by atoms with E-state index in [9.17, 15) is 18.0 Å². The fraction of sp³-hybridized carbons (Fsp3) is 0.310. The second-order valence-electron chi connectivity index (χ2n) is 9.78. The maximum Gasteiger partial charge on any atom is 0.264 e. The number of hydrogen-bond donors (Lipinski definition) is 1. The number of sulfonamides is 1. The fourth-order valence-electron chi connectivity index (χ4n) is 4.17. The fourth-order valence-corrected chi connectivity index (χ4v) is 5.91. The van der Waals surface area contributed by atoms with Crippen LogP contribution < -0.4 is 9.62 Å². The minimum atomic E-state index is -4.12. The average molecular weight is 591 g/mol. The Kier molecular flexibility index (Phi) is 10.0. The minimum absolute atomic E-state index is 0.0223. The van der Waals surface area contributed by atoms with Gasteiger partial charge in [0.05, 0.1) is 20.6 Å². The molecule has 3 aromatic rings. The lowest BCUT2D eigenvalue weighted by Crippen LogP contribution is -2.52. The van der Waals surface area contributed by atoms with Crippen LogP contribution in [-0.2, 0) is 26.2 Å². The standard InChI is InChI=1S/C29H33Cl2N3O4S/c1-19(2)32-29(36)22(5)33(17-23-11-12-26(30)27(31)16-23)28(35)18-34(24-14-20(3)13-21(4)15-24)39(37,38)25-9-7-6-8-10-25/h6-16,19,22H,17-18H2,1-5H3,(H,32,36). The van der Waals surface area contributed by atoms with Crippen LogP contribution in [0.2, 0.25) is 10.0 Å². The highest BCUT2D eigenvalue weighted by Gasteiger charge is 2.32. The van der Waals surface area contributed by atoms with Gasteiger partial charge in [-0.25, -0.2) is 8.42 Å². The van der Waals surface area contributed by atoms with E-state index >= 15 is 0 Å². The molecule has 7 nitrogen and oxygen atoms in total. The highest BCUT2D eigenvalue weighted by atomic mass is 35.5. The SMILES string of the molecule is Cc1cc(C)cc(N(CC(=O)N(Cc2ccc(Cl)c(Cl)c2)C(C)C(=O)NC(C)C)S(=O)(=O)c2ccccc2)c1. The van der Waals surface area contributed by atoms with Gasteiger partial charge in [-0.05, 0) is 87.7 Å². The molecule has 3 rings (SSSR count). The maximum atomic E-state index is 13.9. The summed E-state index contributed by atoms with van der Waals surface area (Å²) in [4.78, 5) is 28.3. The molecule has 0 fully saturated rings. The first-order valence-electron chi connectivity index (χ1n) is 12.5. The Labute approximate surface area is 240 Å². The molecule has 0 radical (unpaired) electrons. The molecule has 2 amide bonds. The molecule has 1 unspecified atom stereocenters. The lowest BCUT2D eigenvalue weighted by atomic mass is 10.1. The monoisotopic (exact) mass is 589 g/mol. The van der Waals surface area contributed by atoms with E-state index in [1.54, 1.807) is 55.5 Å². The molecular weight excluding hydrogens is 557 g/mol. The van der Waals surface area contributed by atoms with Gasteiger partial charge in [-0.1, -0.05) is 53.5 Å². The quantitative estimate of drug-likeness (QED) is 0.326. The molecule has 39 heavy (non-hydrogen) atoms. The van der Waals surface area contributed by atoms with Gasteiger partial charge in [-0.2, -0.15) is 0 Å². The summed E-state index contributed by atoms with van der Waals surface area (Å²) < 4.78 is 28.8. The molecule has 0 bridgehead atoms. The molecular formula is C29H33Cl2N3O4S. The lowest BCUT2D eigenvalue weighted by molar-refractivity contribution is -0.139. The molecule has 0 aliphatic heterocycles. The molecule has 0 aromatic heterocycles. The first kappa shape index (κ1) is 30.5. The summed E-state index contributed by atoms with van der Waals surface area (Å²) in [5.74, 6) is -0.909. The van der Waals surface area contributed by atoms with Gasteiger partial charge in [0.25, 0.3) is 10.0 Å². The number of rotatable bonds is 10. The van der Waals surface area contributed by atoms with Crippen molar-refractivity contribution in [2.24, 2.45) is 0 Å². The molecule has 0 heterocycles. The van der Waals surface area contributed by atoms with E-state index in [0.29, 0.717) is 21.3 Å². The summed E-state index contributed by atoms with van der Waals surface area (Å²) in [6.07, 6.45) is 0. The lowest BCUT2D eigenvalue weighted by Gasteiger charge is -2.32. The number of carbonyl (C=O) groups is 2. The van der Waals surface area contributed by atoms with Crippen molar-refractivity contribution in [3.63, 3.8) is 0 Å². The van der Waals surface area contributed by atoms with Gasteiger partial charge < -0.3 is 10.2 Å². The number of carbonyl (C=O) groups excluding carboxylic acids is 2. The molecule has 0 aliphatic rings.